The molecule has 3 atom stereocenters. The second-order valence-electron chi connectivity index (χ2n) is 9.28. The van der Waals surface area contributed by atoms with Gasteiger partial charge in [-0.1, -0.05) is 54.6 Å². The third-order valence-electron chi connectivity index (χ3n) is 6.66. The first kappa shape index (κ1) is 27.9. The highest BCUT2D eigenvalue weighted by atomic mass is 19.1. The molecule has 4 aromatic rings. The van der Waals surface area contributed by atoms with E-state index in [0.717, 1.165) is 5.56 Å². The molecule has 0 unspecified atom stereocenters. The Morgan fingerprint density at radius 2 is 1.36 bits per heavy atom. The van der Waals surface area contributed by atoms with Crippen molar-refractivity contribution in [2.24, 2.45) is 11.2 Å². The molecule has 6 nitrogen and oxygen atoms in total. The van der Waals surface area contributed by atoms with Crippen LogP contribution in [0.4, 0.5) is 14.5 Å². The van der Waals surface area contributed by atoms with Gasteiger partial charge in [-0.3, -0.25) is 0 Å². The summed E-state index contributed by atoms with van der Waals surface area (Å²) in [6.07, 6.45) is -0.321. The lowest BCUT2D eigenvalue weighted by Crippen LogP contribution is -2.32. The number of nitrogens with zero attached hydrogens (tertiary/aromatic N) is 2. The van der Waals surface area contributed by atoms with Crippen LogP contribution in [0.3, 0.4) is 0 Å². The Morgan fingerprint density at radius 3 is 1.95 bits per heavy atom. The average Bonchev–Trinajstić information content (AvgIpc) is 2.97. The van der Waals surface area contributed by atoms with Crippen LogP contribution >= 0.6 is 0 Å². The highest BCUT2D eigenvalue weighted by molar-refractivity contribution is 5.48. The maximum atomic E-state index is 13.6. The monoisotopic (exact) mass is 532 g/mol. The van der Waals surface area contributed by atoms with Crippen LogP contribution in [0.25, 0.3) is 0 Å². The van der Waals surface area contributed by atoms with E-state index < -0.39 is 29.7 Å². The van der Waals surface area contributed by atoms with Gasteiger partial charge in [0.15, 0.2) is 0 Å². The van der Waals surface area contributed by atoms with Crippen molar-refractivity contribution in [3.05, 3.63) is 136 Å². The first-order valence-electron chi connectivity index (χ1n) is 12.7. The molecule has 0 aliphatic rings. The van der Waals surface area contributed by atoms with Crippen molar-refractivity contribution in [1.29, 1.82) is 0 Å². The van der Waals surface area contributed by atoms with E-state index in [-0.39, 0.29) is 13.0 Å². The summed E-state index contributed by atoms with van der Waals surface area (Å²) in [7, 11) is 0. The lowest BCUT2D eigenvalue weighted by Gasteiger charge is -2.33. The average molecular weight is 533 g/mol. The zero-order valence-corrected chi connectivity index (χ0v) is 21.2. The van der Waals surface area contributed by atoms with Crippen LogP contribution in [0.5, 0.6) is 5.75 Å². The topological polar surface area (TPSA) is 82.4 Å². The van der Waals surface area contributed by atoms with Gasteiger partial charge in [0, 0.05) is 12.5 Å². The normalized spacial score (nSPS) is 13.3. The first-order chi connectivity index (χ1) is 19.0. The van der Waals surface area contributed by atoms with E-state index in [1.54, 1.807) is 24.3 Å². The lowest BCUT2D eigenvalue weighted by atomic mass is 9.87. The van der Waals surface area contributed by atoms with E-state index in [1.807, 2.05) is 30.3 Å². The summed E-state index contributed by atoms with van der Waals surface area (Å²) < 4.78 is 32.8. The van der Waals surface area contributed by atoms with Crippen molar-refractivity contribution in [1.82, 2.24) is 0 Å². The van der Waals surface area contributed by atoms with Gasteiger partial charge in [0.1, 0.15) is 24.0 Å². The van der Waals surface area contributed by atoms with Crippen molar-refractivity contribution < 1.29 is 23.7 Å². The predicted molar refractivity (Wildman–Crippen MR) is 146 cm³/mol. The highest BCUT2D eigenvalue weighted by Crippen LogP contribution is 2.37. The molecule has 0 aliphatic heterocycles. The SMILES string of the molecule is O=NN(c1ccc(F)cc1)[C@H](c1ccc(OCc2ccccc2)cc1)[C@H](CO)CC[C@H](O)c1ccc(F)cc1. The van der Waals surface area contributed by atoms with E-state index in [0.29, 0.717) is 35.6 Å². The van der Waals surface area contributed by atoms with E-state index in [9.17, 15) is 23.9 Å². The number of hydrogen-bond acceptors (Lipinski definition) is 5. The van der Waals surface area contributed by atoms with Gasteiger partial charge in [-0.15, -0.1) is 4.91 Å². The molecule has 0 amide bonds. The molecule has 0 aliphatic carbocycles. The molecule has 0 saturated carbocycles. The Kier molecular flexibility index (Phi) is 9.72. The van der Waals surface area contributed by atoms with Gasteiger partial charge >= 0.3 is 0 Å². The van der Waals surface area contributed by atoms with Crippen molar-refractivity contribution in [2.45, 2.75) is 31.6 Å². The second-order valence-corrected chi connectivity index (χ2v) is 9.28. The minimum Gasteiger partial charge on any atom is -0.489 e. The lowest BCUT2D eigenvalue weighted by molar-refractivity contribution is 0.133. The number of ether oxygens (including phenoxy) is 1. The van der Waals surface area contributed by atoms with E-state index in [4.69, 9.17) is 4.74 Å². The molecule has 0 bridgehead atoms. The number of nitroso groups, excluding NO2 is 1. The van der Waals surface area contributed by atoms with Crippen molar-refractivity contribution in [2.75, 3.05) is 11.6 Å². The first-order valence-corrected chi connectivity index (χ1v) is 12.7. The molecule has 0 spiro atoms. The van der Waals surface area contributed by atoms with Gasteiger partial charge in [0.25, 0.3) is 0 Å². The number of aliphatic hydroxyl groups is 2. The largest absolute Gasteiger partial charge is 0.489 e. The third-order valence-corrected chi connectivity index (χ3v) is 6.66. The predicted octanol–water partition coefficient (Wildman–Crippen LogP) is 6.90. The number of aliphatic hydroxyl groups excluding tert-OH is 2. The molecule has 0 aromatic heterocycles. The molecule has 0 fully saturated rings. The summed E-state index contributed by atoms with van der Waals surface area (Å²) in [5, 5.41) is 25.5. The fourth-order valence-corrected chi connectivity index (χ4v) is 4.54. The quantitative estimate of drug-likeness (QED) is 0.145. The summed E-state index contributed by atoms with van der Waals surface area (Å²) in [6.45, 7) is 0.0853. The van der Waals surface area contributed by atoms with Gasteiger partial charge < -0.3 is 14.9 Å². The van der Waals surface area contributed by atoms with Crippen LogP contribution in [0.15, 0.2) is 108 Å². The summed E-state index contributed by atoms with van der Waals surface area (Å²) in [6, 6.07) is 27.1. The third kappa shape index (κ3) is 7.46. The van der Waals surface area contributed by atoms with E-state index in [2.05, 4.69) is 5.29 Å². The fraction of sp³-hybridized carbons (Fsp3) is 0.226. The maximum absolute atomic E-state index is 13.6. The minimum atomic E-state index is -0.891. The maximum Gasteiger partial charge on any atom is 0.123 e. The molecular weight excluding hydrogens is 502 g/mol. The number of halogens is 2. The zero-order chi connectivity index (χ0) is 27.6. The van der Waals surface area contributed by atoms with Crippen LogP contribution < -0.4 is 9.75 Å². The van der Waals surface area contributed by atoms with Gasteiger partial charge in [-0.25, -0.2) is 13.8 Å². The fourth-order valence-electron chi connectivity index (χ4n) is 4.54. The van der Waals surface area contributed by atoms with E-state index >= 15 is 0 Å². The Bertz CT molecular complexity index is 1300. The van der Waals surface area contributed by atoms with Crippen molar-refractivity contribution >= 4 is 5.69 Å². The summed E-state index contributed by atoms with van der Waals surface area (Å²) in [4.78, 5) is 12.1. The van der Waals surface area contributed by atoms with Gasteiger partial charge in [0.05, 0.1) is 23.1 Å². The van der Waals surface area contributed by atoms with Gasteiger partial charge in [-0.05, 0) is 78.1 Å². The molecule has 0 saturated heterocycles. The molecule has 2 N–H and O–H groups in total. The van der Waals surface area contributed by atoms with Gasteiger partial charge in [0.2, 0.25) is 0 Å². The molecule has 202 valence electrons. The smallest absolute Gasteiger partial charge is 0.123 e. The second kappa shape index (κ2) is 13.6. The number of rotatable bonds is 13. The van der Waals surface area contributed by atoms with Crippen LogP contribution in [0, 0.1) is 22.5 Å². The molecule has 0 radical (unpaired) electrons. The molecule has 4 rings (SSSR count). The molecule has 39 heavy (non-hydrogen) atoms. The van der Waals surface area contributed by atoms with Crippen LogP contribution in [0.1, 0.15) is 41.7 Å². The molecule has 0 heterocycles. The number of benzene rings is 4. The Morgan fingerprint density at radius 1 is 0.769 bits per heavy atom. The van der Waals surface area contributed by atoms with Crippen molar-refractivity contribution in [3.8, 4) is 5.75 Å². The zero-order valence-electron chi connectivity index (χ0n) is 21.2. The van der Waals surface area contributed by atoms with Crippen molar-refractivity contribution in [3.63, 3.8) is 0 Å². The van der Waals surface area contributed by atoms with Crippen LogP contribution in [-0.2, 0) is 6.61 Å². The Balaban J connectivity index is 1.57. The molecule has 4 aromatic carbocycles. The Labute approximate surface area is 226 Å². The summed E-state index contributed by atoms with van der Waals surface area (Å²) in [5.41, 5.74) is 2.61. The number of hydrogen-bond donors (Lipinski definition) is 2. The van der Waals surface area contributed by atoms with Crippen LogP contribution in [0.2, 0.25) is 0 Å². The molecular formula is C31H30F2N2O4. The standard InChI is InChI=1S/C31H30F2N2O4/c32-26-11-6-23(7-12-26)30(37)19-10-25(20-36)31(35(34-38)28-15-13-27(33)14-16-28)24-8-17-29(18-9-24)39-21-22-4-2-1-3-5-22/h1-9,11-18,25,30-31,36-37H,10,19-21H2/t25-,30-,31+/m0/s1. The van der Waals surface area contributed by atoms with E-state index in [1.165, 1.54) is 53.5 Å². The summed E-state index contributed by atoms with van der Waals surface area (Å²) in [5.74, 6) is -0.760. The highest BCUT2D eigenvalue weighted by Gasteiger charge is 2.31. The van der Waals surface area contributed by atoms with Gasteiger partial charge in [-0.2, -0.15) is 0 Å². The van der Waals surface area contributed by atoms with Crippen LogP contribution in [-0.4, -0.2) is 16.8 Å². The Hall–Kier alpha value is -4.14. The summed E-state index contributed by atoms with van der Waals surface area (Å²) >= 11 is 0. The molecule has 8 heteroatoms. The number of anilines is 1. The minimum absolute atomic E-state index is 0.252.